The SMILES string of the molecule is Cl[Si](Cl)(Cl)[Si](Cl)(C1CCCCC1)[Si](Cl)(Cl)C1CCCCC1. The van der Waals surface area contributed by atoms with Crippen molar-refractivity contribution in [1.29, 1.82) is 0 Å². The predicted octanol–water partition coefficient (Wildman–Crippen LogP) is 7.57. The van der Waals surface area contributed by atoms with E-state index in [0.29, 0.717) is 11.1 Å². The molecule has 0 spiro atoms. The summed E-state index contributed by atoms with van der Waals surface area (Å²) in [6, 6.07) is 0. The molecule has 2 fully saturated rings. The van der Waals surface area contributed by atoms with Crippen molar-refractivity contribution in [2.75, 3.05) is 0 Å². The molecule has 9 heteroatoms. The van der Waals surface area contributed by atoms with E-state index in [2.05, 4.69) is 0 Å². The molecule has 0 aromatic heterocycles. The summed E-state index contributed by atoms with van der Waals surface area (Å²) in [6.07, 6.45) is 5.93. The predicted molar refractivity (Wildman–Crippen MR) is 106 cm³/mol. The van der Waals surface area contributed by atoms with Gasteiger partial charge in [0.25, 0.3) is 6.21 Å². The first kappa shape index (κ1) is 19.7. The highest BCUT2D eigenvalue weighted by molar-refractivity contribution is 8.13. The lowest BCUT2D eigenvalue weighted by molar-refractivity contribution is 0.492. The van der Waals surface area contributed by atoms with Gasteiger partial charge in [-0.3, -0.25) is 0 Å². The van der Waals surface area contributed by atoms with Crippen molar-refractivity contribution < 1.29 is 0 Å². The molecule has 0 aromatic carbocycles. The summed E-state index contributed by atoms with van der Waals surface area (Å²) in [5.41, 5.74) is -2.47. The third kappa shape index (κ3) is 3.98. The lowest BCUT2D eigenvalue weighted by Gasteiger charge is -2.48. The minimum Gasteiger partial charge on any atom is -0.166 e. The summed E-state index contributed by atoms with van der Waals surface area (Å²) in [6.45, 7) is 0. The zero-order chi connectivity index (χ0) is 15.7. The van der Waals surface area contributed by atoms with Crippen LogP contribution in [0.25, 0.3) is 0 Å². The Kier molecular flexibility index (Phi) is 7.26. The van der Waals surface area contributed by atoms with Crippen molar-refractivity contribution in [3.63, 3.8) is 0 Å². The molecule has 2 saturated carbocycles. The quantitative estimate of drug-likeness (QED) is 0.298. The molecule has 2 rings (SSSR count). The standard InChI is InChI=1S/C12H22Cl6Si3/c13-19(14,11-7-3-1-4-8-11)20(15,21(16,17)18)12-9-5-2-6-10-12/h11-12H,1-10H2. The van der Waals surface area contributed by atoms with E-state index in [1.54, 1.807) is 0 Å². The molecule has 2 aliphatic rings. The Balaban J connectivity index is 2.33. The van der Waals surface area contributed by atoms with Crippen LogP contribution < -0.4 is 0 Å². The summed E-state index contributed by atoms with van der Waals surface area (Å²) < 4.78 is 0. The molecule has 0 radical (unpaired) electrons. The second-order valence-electron chi connectivity index (χ2n) is 6.50. The van der Waals surface area contributed by atoms with Crippen LogP contribution in [0.4, 0.5) is 0 Å². The molecular formula is C12H22Cl6Si3. The first-order chi connectivity index (χ1) is 9.71. The van der Waals surface area contributed by atoms with Crippen LogP contribution in [0, 0.1) is 0 Å². The van der Waals surface area contributed by atoms with Gasteiger partial charge in [-0.1, -0.05) is 64.2 Å². The summed E-state index contributed by atoms with van der Waals surface area (Å²) in [5.74, 6) is 0. The van der Waals surface area contributed by atoms with Crippen LogP contribution in [-0.4, -0.2) is 18.2 Å². The van der Waals surface area contributed by atoms with Gasteiger partial charge in [0.05, 0.1) is 0 Å². The molecule has 0 amide bonds. The first-order valence-corrected chi connectivity index (χ1v) is 22.1. The minimum absolute atomic E-state index is 0.302. The number of halogens is 6. The van der Waals surface area contributed by atoms with Crippen molar-refractivity contribution in [3.8, 4) is 0 Å². The molecule has 1 atom stereocenters. The van der Waals surface area contributed by atoms with E-state index >= 15 is 0 Å². The molecule has 0 aromatic rings. The van der Waals surface area contributed by atoms with Crippen molar-refractivity contribution >= 4 is 84.6 Å². The second-order valence-corrected chi connectivity index (χ2v) is 42.1. The van der Waals surface area contributed by atoms with E-state index in [-0.39, 0.29) is 0 Å². The van der Waals surface area contributed by atoms with Gasteiger partial charge in [0.1, 0.15) is 0 Å². The van der Waals surface area contributed by atoms with Crippen LogP contribution in [-0.2, 0) is 0 Å². The third-order valence-corrected chi connectivity index (χ3v) is 59.2. The average Bonchev–Trinajstić information content (AvgIpc) is 2.47. The van der Waals surface area contributed by atoms with Crippen molar-refractivity contribution in [1.82, 2.24) is 0 Å². The van der Waals surface area contributed by atoms with E-state index < -0.39 is 18.2 Å². The molecule has 124 valence electrons. The van der Waals surface area contributed by atoms with Gasteiger partial charge in [-0.15, -0.1) is 55.4 Å². The maximum atomic E-state index is 7.22. The molecule has 1 unspecified atom stereocenters. The lowest BCUT2D eigenvalue weighted by Crippen LogP contribution is -2.68. The van der Waals surface area contributed by atoms with Gasteiger partial charge in [-0.2, -0.15) is 11.1 Å². The van der Waals surface area contributed by atoms with Crippen molar-refractivity contribution in [2.24, 2.45) is 0 Å². The van der Waals surface area contributed by atoms with E-state index in [9.17, 15) is 0 Å². The van der Waals surface area contributed by atoms with E-state index in [0.717, 1.165) is 25.7 Å². The second kappa shape index (κ2) is 7.74. The third-order valence-electron chi connectivity index (χ3n) is 5.18. The summed E-state index contributed by atoms with van der Waals surface area (Å²) in [5, 5.41) is 0. The molecule has 0 N–H and O–H groups in total. The molecule has 2 aliphatic carbocycles. The largest absolute Gasteiger partial charge is 0.342 e. The van der Waals surface area contributed by atoms with Gasteiger partial charge < -0.3 is 0 Å². The van der Waals surface area contributed by atoms with E-state index in [1.165, 1.54) is 38.5 Å². The van der Waals surface area contributed by atoms with Gasteiger partial charge in [0, 0.05) is 0 Å². The highest BCUT2D eigenvalue weighted by Crippen LogP contribution is 2.59. The Morgan fingerprint density at radius 1 is 0.524 bits per heavy atom. The maximum absolute atomic E-state index is 7.22. The smallest absolute Gasteiger partial charge is 0.166 e. The van der Waals surface area contributed by atoms with Crippen LogP contribution in [0.3, 0.4) is 0 Å². The normalized spacial score (nSPS) is 26.6. The fourth-order valence-electron chi connectivity index (χ4n) is 3.96. The van der Waals surface area contributed by atoms with Crippen LogP contribution in [0.15, 0.2) is 0 Å². The molecule has 0 bridgehead atoms. The van der Waals surface area contributed by atoms with Crippen LogP contribution in [0.5, 0.6) is 0 Å². The monoisotopic (exact) mass is 460 g/mol. The van der Waals surface area contributed by atoms with Gasteiger partial charge in [-0.25, -0.2) is 0 Å². The topological polar surface area (TPSA) is 0 Å². The number of hydrogen-bond acceptors (Lipinski definition) is 0. The molecule has 0 aliphatic heterocycles. The highest BCUT2D eigenvalue weighted by Gasteiger charge is 2.72. The average molecular weight is 463 g/mol. The fraction of sp³-hybridized carbons (Fsp3) is 1.00. The zero-order valence-electron chi connectivity index (χ0n) is 12.0. The Morgan fingerprint density at radius 2 is 0.905 bits per heavy atom. The maximum Gasteiger partial charge on any atom is 0.342 e. The minimum atomic E-state index is -3.10. The molecule has 0 heterocycles. The van der Waals surface area contributed by atoms with Crippen molar-refractivity contribution in [2.45, 2.75) is 75.3 Å². The first-order valence-electron chi connectivity index (χ1n) is 7.84. The van der Waals surface area contributed by atoms with Crippen LogP contribution >= 0.6 is 66.5 Å². The van der Waals surface area contributed by atoms with Gasteiger partial charge in [0.2, 0.25) is 6.42 Å². The fourth-order valence-corrected chi connectivity index (χ4v) is 59.9. The molecule has 0 nitrogen and oxygen atoms in total. The zero-order valence-corrected chi connectivity index (χ0v) is 19.5. The van der Waals surface area contributed by atoms with Crippen LogP contribution in [0.1, 0.15) is 64.2 Å². The van der Waals surface area contributed by atoms with Crippen molar-refractivity contribution in [3.05, 3.63) is 0 Å². The van der Waals surface area contributed by atoms with E-state index in [4.69, 9.17) is 66.5 Å². The lowest BCUT2D eigenvalue weighted by atomic mass is 10.0. The Bertz CT molecular complexity index is 349. The summed E-state index contributed by atoms with van der Waals surface area (Å²) in [7, 11) is 0. The van der Waals surface area contributed by atoms with Gasteiger partial charge in [0.15, 0.2) is 0 Å². The Hall–Kier alpha value is 2.39. The molecule has 21 heavy (non-hydrogen) atoms. The summed E-state index contributed by atoms with van der Waals surface area (Å²) in [4.78, 5) is 0. The van der Waals surface area contributed by atoms with Gasteiger partial charge in [-0.05, 0) is 11.1 Å². The summed E-state index contributed by atoms with van der Waals surface area (Å²) >= 11 is 41.0. The Labute approximate surface area is 159 Å². The number of hydrogen-bond donors (Lipinski definition) is 0. The van der Waals surface area contributed by atoms with E-state index in [1.807, 2.05) is 0 Å². The molecule has 0 saturated heterocycles. The Morgan fingerprint density at radius 3 is 1.29 bits per heavy atom. The number of rotatable bonds is 4. The molecular weight excluding hydrogens is 441 g/mol. The van der Waals surface area contributed by atoms with Crippen LogP contribution in [0.2, 0.25) is 11.1 Å². The highest BCUT2D eigenvalue weighted by atomic mass is 35.9. The van der Waals surface area contributed by atoms with Gasteiger partial charge >= 0.3 is 5.52 Å².